The lowest BCUT2D eigenvalue weighted by atomic mass is 10.1. The fraction of sp³-hybridized carbons (Fsp3) is 0.529. The molecule has 23 heavy (non-hydrogen) atoms. The first kappa shape index (κ1) is 19.0. The van der Waals surface area contributed by atoms with Crippen LogP contribution in [-0.4, -0.2) is 44.3 Å². The first-order valence-corrected chi connectivity index (χ1v) is 7.49. The smallest absolute Gasteiger partial charge is 0.408 e. The standard InChI is InChI=1S/C17H25NO5/c1-17(2,3)23-16(20)18-14(12-19)11-13-5-7-15(8-6-13)22-10-9-21-4/h5-8,12,14H,9-11H2,1-4H3,(H,18,20). The lowest BCUT2D eigenvalue weighted by Gasteiger charge is -2.21. The lowest BCUT2D eigenvalue weighted by Crippen LogP contribution is -2.41. The van der Waals surface area contributed by atoms with Crippen LogP contribution < -0.4 is 10.1 Å². The molecular weight excluding hydrogens is 298 g/mol. The third-order valence-electron chi connectivity index (χ3n) is 2.80. The number of aldehydes is 1. The van der Waals surface area contributed by atoms with Crippen LogP contribution in [0.1, 0.15) is 26.3 Å². The molecule has 0 fully saturated rings. The highest BCUT2D eigenvalue weighted by molar-refractivity contribution is 5.73. The fourth-order valence-electron chi connectivity index (χ4n) is 1.81. The Morgan fingerprint density at radius 1 is 1.22 bits per heavy atom. The molecule has 0 bridgehead atoms. The van der Waals surface area contributed by atoms with E-state index in [9.17, 15) is 9.59 Å². The Morgan fingerprint density at radius 2 is 1.87 bits per heavy atom. The van der Waals surface area contributed by atoms with Crippen molar-refractivity contribution in [1.82, 2.24) is 5.32 Å². The molecule has 0 aliphatic rings. The molecule has 128 valence electrons. The zero-order valence-corrected chi connectivity index (χ0v) is 14.1. The number of amides is 1. The van der Waals surface area contributed by atoms with Crippen molar-refractivity contribution in [3.05, 3.63) is 29.8 Å². The van der Waals surface area contributed by atoms with Gasteiger partial charge in [-0.25, -0.2) is 4.79 Å². The number of ether oxygens (including phenoxy) is 3. The number of carbonyl (C=O) groups is 2. The summed E-state index contributed by atoms with van der Waals surface area (Å²) < 4.78 is 15.5. The number of rotatable bonds is 8. The van der Waals surface area contributed by atoms with Crippen LogP contribution in [0.2, 0.25) is 0 Å². The van der Waals surface area contributed by atoms with Crippen molar-refractivity contribution in [2.75, 3.05) is 20.3 Å². The summed E-state index contributed by atoms with van der Waals surface area (Å²) in [4.78, 5) is 22.8. The number of nitrogens with one attached hydrogen (secondary N) is 1. The number of methoxy groups -OCH3 is 1. The van der Waals surface area contributed by atoms with Crippen LogP contribution in [0.15, 0.2) is 24.3 Å². The third-order valence-corrected chi connectivity index (χ3v) is 2.80. The van der Waals surface area contributed by atoms with Gasteiger partial charge < -0.3 is 24.3 Å². The molecule has 0 radical (unpaired) electrons. The molecule has 1 rings (SSSR count). The van der Waals surface area contributed by atoms with Crippen molar-refractivity contribution in [1.29, 1.82) is 0 Å². The van der Waals surface area contributed by atoms with Gasteiger partial charge in [0.05, 0.1) is 12.6 Å². The summed E-state index contributed by atoms with van der Waals surface area (Å²) in [7, 11) is 1.61. The molecule has 6 heteroatoms. The zero-order chi connectivity index (χ0) is 17.3. The van der Waals surface area contributed by atoms with Crippen LogP contribution in [0.25, 0.3) is 0 Å². The molecule has 1 atom stereocenters. The van der Waals surface area contributed by atoms with Crippen LogP contribution in [0.3, 0.4) is 0 Å². The second-order valence-corrected chi connectivity index (χ2v) is 6.08. The maximum absolute atomic E-state index is 11.7. The normalized spacial score (nSPS) is 12.3. The maximum atomic E-state index is 11.7. The summed E-state index contributed by atoms with van der Waals surface area (Å²) in [6.45, 7) is 6.31. The highest BCUT2D eigenvalue weighted by atomic mass is 16.6. The second-order valence-electron chi connectivity index (χ2n) is 6.08. The summed E-state index contributed by atoms with van der Waals surface area (Å²) in [6, 6.07) is 6.72. The molecule has 6 nitrogen and oxygen atoms in total. The van der Waals surface area contributed by atoms with E-state index in [1.165, 1.54) is 0 Å². The van der Waals surface area contributed by atoms with Gasteiger partial charge in [-0.05, 0) is 44.9 Å². The Kier molecular flexibility index (Phi) is 7.54. The Labute approximate surface area is 137 Å². The lowest BCUT2D eigenvalue weighted by molar-refractivity contribution is -0.109. The summed E-state index contributed by atoms with van der Waals surface area (Å²) >= 11 is 0. The molecule has 0 saturated carbocycles. The molecule has 0 aromatic heterocycles. The van der Waals surface area contributed by atoms with Gasteiger partial charge in [-0.15, -0.1) is 0 Å². The van der Waals surface area contributed by atoms with Crippen LogP contribution in [0.4, 0.5) is 4.79 Å². The van der Waals surface area contributed by atoms with Crippen molar-refractivity contribution in [2.45, 2.75) is 38.8 Å². The van der Waals surface area contributed by atoms with E-state index in [0.717, 1.165) is 11.3 Å². The van der Waals surface area contributed by atoms with E-state index >= 15 is 0 Å². The number of benzene rings is 1. The largest absolute Gasteiger partial charge is 0.491 e. The van der Waals surface area contributed by atoms with E-state index in [0.29, 0.717) is 25.9 Å². The van der Waals surface area contributed by atoms with Gasteiger partial charge in [-0.2, -0.15) is 0 Å². The molecule has 0 spiro atoms. The van der Waals surface area contributed by atoms with E-state index in [2.05, 4.69) is 5.32 Å². The Hall–Kier alpha value is -2.08. The van der Waals surface area contributed by atoms with Gasteiger partial charge >= 0.3 is 6.09 Å². The zero-order valence-electron chi connectivity index (χ0n) is 14.1. The van der Waals surface area contributed by atoms with Crippen molar-refractivity contribution in [2.24, 2.45) is 0 Å². The number of hydrogen-bond donors (Lipinski definition) is 1. The predicted octanol–water partition coefficient (Wildman–Crippen LogP) is 2.35. The van der Waals surface area contributed by atoms with Crippen molar-refractivity contribution >= 4 is 12.4 Å². The summed E-state index contributed by atoms with van der Waals surface area (Å²) in [5, 5.41) is 2.55. The molecule has 1 aromatic rings. The minimum absolute atomic E-state index is 0.390. The Morgan fingerprint density at radius 3 is 2.39 bits per heavy atom. The molecule has 1 amide bonds. The molecule has 1 N–H and O–H groups in total. The molecular formula is C17H25NO5. The van der Waals surface area contributed by atoms with Gasteiger partial charge in [0.25, 0.3) is 0 Å². The number of alkyl carbamates (subject to hydrolysis) is 1. The Bertz CT molecular complexity index is 493. The first-order chi connectivity index (χ1) is 10.8. The summed E-state index contributed by atoms with van der Waals surface area (Å²) in [5.74, 6) is 0.730. The molecule has 0 aliphatic heterocycles. The maximum Gasteiger partial charge on any atom is 0.408 e. The SMILES string of the molecule is COCCOc1ccc(CC(C=O)NC(=O)OC(C)(C)C)cc1. The average Bonchev–Trinajstić information content (AvgIpc) is 2.46. The third kappa shape index (κ3) is 8.21. The summed E-state index contributed by atoms with van der Waals surface area (Å²) in [5.41, 5.74) is 0.316. The molecule has 1 unspecified atom stereocenters. The average molecular weight is 323 g/mol. The van der Waals surface area contributed by atoms with Crippen LogP contribution in [0, 0.1) is 0 Å². The van der Waals surface area contributed by atoms with Crippen LogP contribution >= 0.6 is 0 Å². The minimum Gasteiger partial charge on any atom is -0.491 e. The number of hydrogen-bond acceptors (Lipinski definition) is 5. The Balaban J connectivity index is 2.52. The van der Waals surface area contributed by atoms with E-state index in [4.69, 9.17) is 14.2 Å². The minimum atomic E-state index is -0.634. The van der Waals surface area contributed by atoms with Gasteiger partial charge in [-0.1, -0.05) is 12.1 Å². The molecule has 0 saturated heterocycles. The predicted molar refractivity (Wildman–Crippen MR) is 86.7 cm³/mol. The quantitative estimate of drug-likeness (QED) is 0.587. The van der Waals surface area contributed by atoms with Gasteiger partial charge in [0.1, 0.15) is 24.2 Å². The highest BCUT2D eigenvalue weighted by Crippen LogP contribution is 2.13. The van der Waals surface area contributed by atoms with Crippen molar-refractivity contribution < 1.29 is 23.8 Å². The molecule has 0 aliphatic carbocycles. The number of carbonyl (C=O) groups excluding carboxylic acids is 2. The van der Waals surface area contributed by atoms with E-state index in [1.54, 1.807) is 27.9 Å². The second kappa shape index (κ2) is 9.15. The first-order valence-electron chi connectivity index (χ1n) is 7.49. The van der Waals surface area contributed by atoms with Gasteiger partial charge in [0.15, 0.2) is 0 Å². The monoisotopic (exact) mass is 323 g/mol. The van der Waals surface area contributed by atoms with Crippen LogP contribution in [-0.2, 0) is 20.7 Å². The summed E-state index contributed by atoms with van der Waals surface area (Å²) in [6.07, 6.45) is 0.489. The highest BCUT2D eigenvalue weighted by Gasteiger charge is 2.19. The van der Waals surface area contributed by atoms with Gasteiger partial charge in [-0.3, -0.25) is 0 Å². The van der Waals surface area contributed by atoms with Gasteiger partial charge in [0, 0.05) is 7.11 Å². The van der Waals surface area contributed by atoms with Crippen molar-refractivity contribution in [3.8, 4) is 5.75 Å². The van der Waals surface area contributed by atoms with Crippen LogP contribution in [0.5, 0.6) is 5.75 Å². The van der Waals surface area contributed by atoms with Gasteiger partial charge in [0.2, 0.25) is 0 Å². The molecule has 0 heterocycles. The van der Waals surface area contributed by atoms with Crippen molar-refractivity contribution in [3.63, 3.8) is 0 Å². The molecule has 1 aromatic carbocycles. The van der Waals surface area contributed by atoms with E-state index in [1.807, 2.05) is 24.3 Å². The fourth-order valence-corrected chi connectivity index (χ4v) is 1.81. The topological polar surface area (TPSA) is 73.9 Å². The van der Waals surface area contributed by atoms with E-state index in [-0.39, 0.29) is 0 Å². The van der Waals surface area contributed by atoms with E-state index < -0.39 is 17.7 Å².